The molecule has 0 aliphatic carbocycles. The van der Waals surface area contributed by atoms with E-state index in [4.69, 9.17) is 4.42 Å². The summed E-state index contributed by atoms with van der Waals surface area (Å²) < 4.78 is 7.60. The van der Waals surface area contributed by atoms with E-state index in [1.807, 2.05) is 6.92 Å². The van der Waals surface area contributed by atoms with Gasteiger partial charge in [-0.15, -0.1) is 10.2 Å². The molecule has 0 radical (unpaired) electrons. The Morgan fingerprint density at radius 2 is 2.04 bits per heavy atom. The normalized spacial score (nSPS) is 16.7. The van der Waals surface area contributed by atoms with Gasteiger partial charge < -0.3 is 9.32 Å². The number of aryl methyl sites for hydroxylation is 2. The second-order valence-electron chi connectivity index (χ2n) is 6.71. The van der Waals surface area contributed by atoms with Gasteiger partial charge >= 0.3 is 0 Å². The van der Waals surface area contributed by atoms with Gasteiger partial charge in [-0.2, -0.15) is 14.6 Å². The number of benzene rings is 1. The van der Waals surface area contributed by atoms with E-state index in [0.29, 0.717) is 17.6 Å². The lowest BCUT2D eigenvalue weighted by molar-refractivity contribution is 0.402. The molecule has 0 amide bonds. The first-order valence-corrected chi connectivity index (χ1v) is 9.06. The average Bonchev–Trinajstić information content (AvgIpc) is 3.34. The lowest BCUT2D eigenvalue weighted by Gasteiger charge is -2.36. The Morgan fingerprint density at radius 3 is 2.81 bits per heavy atom. The maximum absolute atomic E-state index is 5.82. The van der Waals surface area contributed by atoms with Crippen LogP contribution >= 0.6 is 0 Å². The highest BCUT2D eigenvalue weighted by Gasteiger charge is 2.33. The van der Waals surface area contributed by atoms with Crippen LogP contribution in [0.25, 0.3) is 5.78 Å². The molecule has 0 spiro atoms. The first kappa shape index (κ1) is 15.9. The molecule has 3 aromatic heterocycles. The second kappa shape index (κ2) is 6.15. The zero-order chi connectivity index (χ0) is 18.4. The minimum Gasteiger partial charge on any atom is -0.423 e. The molecule has 0 N–H and O–H groups in total. The highest BCUT2D eigenvalue weighted by Crippen LogP contribution is 2.36. The number of aromatic nitrogens is 6. The molecular weight excluding hydrogens is 342 g/mol. The fourth-order valence-electron chi connectivity index (χ4n) is 3.66. The molecule has 0 fully saturated rings. The number of fused-ring (bicyclic) bond motifs is 2. The molecular formula is C19H19N7O. The van der Waals surface area contributed by atoms with E-state index in [0.717, 1.165) is 30.9 Å². The molecule has 1 aromatic carbocycles. The fourth-order valence-corrected chi connectivity index (χ4v) is 3.66. The zero-order valence-corrected chi connectivity index (χ0v) is 15.2. The summed E-state index contributed by atoms with van der Waals surface area (Å²) in [5.74, 6) is 2.72. The predicted octanol–water partition coefficient (Wildman–Crippen LogP) is 2.68. The van der Waals surface area contributed by atoms with Gasteiger partial charge in [-0.25, -0.2) is 4.98 Å². The van der Waals surface area contributed by atoms with Crippen LogP contribution in [-0.4, -0.2) is 29.8 Å². The topological polar surface area (TPSA) is 85.2 Å². The first-order valence-electron chi connectivity index (χ1n) is 9.06. The summed E-state index contributed by atoms with van der Waals surface area (Å²) in [5, 5.41) is 12.7. The molecule has 0 saturated carbocycles. The highest BCUT2D eigenvalue weighted by atomic mass is 16.4. The Bertz CT molecular complexity index is 1120. The summed E-state index contributed by atoms with van der Waals surface area (Å²) in [5.41, 5.74) is 3.56. The van der Waals surface area contributed by atoms with Crippen LogP contribution in [0.2, 0.25) is 0 Å². The average molecular weight is 361 g/mol. The van der Waals surface area contributed by atoms with Crippen LogP contribution in [0.5, 0.6) is 0 Å². The van der Waals surface area contributed by atoms with E-state index in [1.54, 1.807) is 4.52 Å². The van der Waals surface area contributed by atoms with Gasteiger partial charge in [-0.1, -0.05) is 31.2 Å². The van der Waals surface area contributed by atoms with Crippen LogP contribution in [0.1, 0.15) is 41.6 Å². The van der Waals surface area contributed by atoms with Crippen molar-refractivity contribution >= 4 is 11.6 Å². The van der Waals surface area contributed by atoms with Gasteiger partial charge in [-0.3, -0.25) is 0 Å². The minimum atomic E-state index is -0.0689. The van der Waals surface area contributed by atoms with Gasteiger partial charge in [0.15, 0.2) is 0 Å². The molecule has 1 atom stereocenters. The van der Waals surface area contributed by atoms with Gasteiger partial charge in [0.2, 0.25) is 11.8 Å². The van der Waals surface area contributed by atoms with E-state index >= 15 is 0 Å². The Morgan fingerprint density at radius 1 is 1.19 bits per heavy atom. The number of hydrogen-bond donors (Lipinski definition) is 0. The molecule has 1 aliphatic heterocycles. The molecule has 27 heavy (non-hydrogen) atoms. The number of anilines is 1. The van der Waals surface area contributed by atoms with Crippen molar-refractivity contribution in [2.24, 2.45) is 0 Å². The van der Waals surface area contributed by atoms with Crippen molar-refractivity contribution in [2.45, 2.75) is 39.3 Å². The Labute approximate surface area is 155 Å². The molecule has 0 saturated heterocycles. The van der Waals surface area contributed by atoms with Gasteiger partial charge in [0.05, 0.1) is 0 Å². The standard InChI is InChI=1S/C19H19N7O/c1-3-15-9-17(26-19(22-15)20-11-21-26)25-10-14-7-5-4-6-13(14)8-16(25)18-24-23-12(2)27-18/h4-7,9,11,16H,3,8,10H2,1-2H3. The quantitative estimate of drug-likeness (QED) is 0.554. The number of rotatable bonds is 3. The largest absolute Gasteiger partial charge is 0.423 e. The Balaban J connectivity index is 1.69. The molecule has 8 heteroatoms. The second-order valence-corrected chi connectivity index (χ2v) is 6.71. The third-order valence-electron chi connectivity index (χ3n) is 5.02. The molecule has 136 valence electrons. The molecule has 4 aromatic rings. The van der Waals surface area contributed by atoms with Gasteiger partial charge in [0.1, 0.15) is 18.2 Å². The third kappa shape index (κ3) is 2.64. The van der Waals surface area contributed by atoms with Gasteiger partial charge in [0.25, 0.3) is 5.78 Å². The van der Waals surface area contributed by atoms with E-state index in [-0.39, 0.29) is 6.04 Å². The minimum absolute atomic E-state index is 0.0689. The highest BCUT2D eigenvalue weighted by molar-refractivity contribution is 5.51. The van der Waals surface area contributed by atoms with Crippen LogP contribution in [0.3, 0.4) is 0 Å². The van der Waals surface area contributed by atoms with E-state index < -0.39 is 0 Å². The molecule has 8 nitrogen and oxygen atoms in total. The zero-order valence-electron chi connectivity index (χ0n) is 15.2. The monoisotopic (exact) mass is 361 g/mol. The van der Waals surface area contributed by atoms with Gasteiger partial charge in [0, 0.05) is 31.6 Å². The van der Waals surface area contributed by atoms with E-state index in [1.165, 1.54) is 17.5 Å². The smallest absolute Gasteiger partial charge is 0.254 e. The molecule has 4 heterocycles. The molecule has 1 unspecified atom stereocenters. The SMILES string of the molecule is CCc1cc(N2Cc3ccccc3CC2c2nnc(C)o2)n2ncnc2n1. The van der Waals surface area contributed by atoms with Crippen LogP contribution < -0.4 is 4.90 Å². The molecule has 1 aliphatic rings. The van der Waals surface area contributed by atoms with E-state index in [9.17, 15) is 0 Å². The Hall–Kier alpha value is -3.29. The summed E-state index contributed by atoms with van der Waals surface area (Å²) in [6.45, 7) is 4.63. The predicted molar refractivity (Wildman–Crippen MR) is 98.3 cm³/mol. The maximum atomic E-state index is 5.82. The van der Waals surface area contributed by atoms with Crippen LogP contribution in [0.15, 0.2) is 41.1 Å². The van der Waals surface area contributed by atoms with Crippen molar-refractivity contribution in [3.05, 3.63) is 65.3 Å². The summed E-state index contributed by atoms with van der Waals surface area (Å²) in [7, 11) is 0. The van der Waals surface area contributed by atoms with Crippen LogP contribution in [0.4, 0.5) is 5.82 Å². The van der Waals surface area contributed by atoms with Crippen molar-refractivity contribution in [1.82, 2.24) is 29.8 Å². The summed E-state index contributed by atoms with van der Waals surface area (Å²) in [6.07, 6.45) is 3.15. The lowest BCUT2D eigenvalue weighted by Crippen LogP contribution is -2.36. The van der Waals surface area contributed by atoms with Crippen LogP contribution in [0, 0.1) is 6.92 Å². The van der Waals surface area contributed by atoms with Crippen molar-refractivity contribution in [1.29, 1.82) is 0 Å². The number of nitrogens with zero attached hydrogens (tertiary/aromatic N) is 7. The Kier molecular flexibility index (Phi) is 3.63. The summed E-state index contributed by atoms with van der Waals surface area (Å²) in [4.78, 5) is 11.1. The molecule has 5 rings (SSSR count). The van der Waals surface area contributed by atoms with Crippen molar-refractivity contribution in [2.75, 3.05) is 4.90 Å². The summed E-state index contributed by atoms with van der Waals surface area (Å²) >= 11 is 0. The van der Waals surface area contributed by atoms with Crippen molar-refractivity contribution in [3.8, 4) is 0 Å². The lowest BCUT2D eigenvalue weighted by atomic mass is 9.94. The van der Waals surface area contributed by atoms with Gasteiger partial charge in [-0.05, 0) is 17.5 Å². The maximum Gasteiger partial charge on any atom is 0.254 e. The van der Waals surface area contributed by atoms with Crippen molar-refractivity contribution in [3.63, 3.8) is 0 Å². The fraction of sp³-hybridized carbons (Fsp3) is 0.316. The van der Waals surface area contributed by atoms with Crippen LogP contribution in [-0.2, 0) is 19.4 Å². The summed E-state index contributed by atoms with van der Waals surface area (Å²) in [6, 6.07) is 10.5. The van der Waals surface area contributed by atoms with E-state index in [2.05, 4.69) is 67.4 Å². The third-order valence-corrected chi connectivity index (χ3v) is 5.02. The number of hydrogen-bond acceptors (Lipinski definition) is 7. The first-order chi connectivity index (χ1) is 13.2. The van der Waals surface area contributed by atoms with Crippen molar-refractivity contribution < 1.29 is 4.42 Å². The molecule has 0 bridgehead atoms.